The highest BCUT2D eigenvalue weighted by atomic mass is 16.5. The highest BCUT2D eigenvalue weighted by Crippen LogP contribution is 2.33. The Morgan fingerprint density at radius 1 is 1.19 bits per heavy atom. The fourth-order valence-electron chi connectivity index (χ4n) is 2.41. The highest BCUT2D eigenvalue weighted by molar-refractivity contribution is 5.47. The SMILES string of the molecule is CCOc1cccc(CC(CN)c2ccccn2)c1OC. The van der Waals surface area contributed by atoms with Crippen LogP contribution in [0.3, 0.4) is 0 Å². The van der Waals surface area contributed by atoms with E-state index in [1.165, 1.54) is 0 Å². The first-order valence-electron chi connectivity index (χ1n) is 7.19. The quantitative estimate of drug-likeness (QED) is 0.850. The first-order valence-corrected chi connectivity index (χ1v) is 7.19. The molecule has 0 radical (unpaired) electrons. The molecule has 1 atom stereocenters. The number of ether oxygens (including phenoxy) is 2. The van der Waals surface area contributed by atoms with Crippen molar-refractivity contribution < 1.29 is 9.47 Å². The Morgan fingerprint density at radius 2 is 2.05 bits per heavy atom. The summed E-state index contributed by atoms with van der Waals surface area (Å²) in [7, 11) is 1.67. The number of rotatable bonds is 7. The summed E-state index contributed by atoms with van der Waals surface area (Å²) in [6.45, 7) is 3.11. The van der Waals surface area contributed by atoms with Gasteiger partial charge in [0.1, 0.15) is 0 Å². The number of para-hydroxylation sites is 1. The second-order valence-corrected chi connectivity index (χ2v) is 4.77. The van der Waals surface area contributed by atoms with Gasteiger partial charge in [-0.2, -0.15) is 0 Å². The Labute approximate surface area is 125 Å². The molecular formula is C17H22N2O2. The zero-order valence-electron chi connectivity index (χ0n) is 12.6. The van der Waals surface area contributed by atoms with Gasteiger partial charge < -0.3 is 15.2 Å². The van der Waals surface area contributed by atoms with Gasteiger partial charge in [-0.3, -0.25) is 4.98 Å². The van der Waals surface area contributed by atoms with E-state index in [0.717, 1.165) is 29.2 Å². The molecule has 4 nitrogen and oxygen atoms in total. The van der Waals surface area contributed by atoms with Gasteiger partial charge in [0.05, 0.1) is 13.7 Å². The lowest BCUT2D eigenvalue weighted by atomic mass is 9.95. The average Bonchev–Trinajstić information content (AvgIpc) is 2.54. The molecule has 0 fully saturated rings. The van der Waals surface area contributed by atoms with Crippen molar-refractivity contribution in [1.29, 1.82) is 0 Å². The number of methoxy groups -OCH3 is 1. The van der Waals surface area contributed by atoms with Gasteiger partial charge in [0.2, 0.25) is 0 Å². The Balaban J connectivity index is 2.27. The van der Waals surface area contributed by atoms with Crippen LogP contribution in [0.25, 0.3) is 0 Å². The van der Waals surface area contributed by atoms with E-state index < -0.39 is 0 Å². The van der Waals surface area contributed by atoms with Crippen LogP contribution in [0.2, 0.25) is 0 Å². The number of benzene rings is 1. The summed E-state index contributed by atoms with van der Waals surface area (Å²) in [5, 5.41) is 0. The van der Waals surface area contributed by atoms with Gasteiger partial charge in [0, 0.05) is 24.4 Å². The molecule has 0 saturated heterocycles. The standard InChI is InChI=1S/C17H22N2O2/c1-3-21-16-9-6-7-13(17(16)20-2)11-14(12-18)15-8-4-5-10-19-15/h4-10,14H,3,11-12,18H2,1-2H3. The van der Waals surface area contributed by atoms with Crippen molar-refractivity contribution in [3.8, 4) is 11.5 Å². The minimum atomic E-state index is 0.164. The number of hydrogen-bond donors (Lipinski definition) is 1. The highest BCUT2D eigenvalue weighted by Gasteiger charge is 2.17. The van der Waals surface area contributed by atoms with Gasteiger partial charge in [0.15, 0.2) is 11.5 Å². The van der Waals surface area contributed by atoms with E-state index in [1.54, 1.807) is 13.3 Å². The molecule has 2 N–H and O–H groups in total. The van der Waals surface area contributed by atoms with Crippen LogP contribution in [0.5, 0.6) is 11.5 Å². The molecule has 0 amide bonds. The minimum absolute atomic E-state index is 0.164. The van der Waals surface area contributed by atoms with Crippen molar-refractivity contribution in [2.24, 2.45) is 5.73 Å². The summed E-state index contributed by atoms with van der Waals surface area (Å²) in [6, 6.07) is 11.9. The number of nitrogens with two attached hydrogens (primary N) is 1. The lowest BCUT2D eigenvalue weighted by molar-refractivity contribution is 0.309. The van der Waals surface area contributed by atoms with Gasteiger partial charge in [0.25, 0.3) is 0 Å². The van der Waals surface area contributed by atoms with Gasteiger partial charge >= 0.3 is 0 Å². The minimum Gasteiger partial charge on any atom is -0.493 e. The zero-order valence-corrected chi connectivity index (χ0v) is 12.6. The molecule has 0 aliphatic rings. The molecule has 112 valence electrons. The third-order valence-corrected chi connectivity index (χ3v) is 3.42. The average molecular weight is 286 g/mol. The van der Waals surface area contributed by atoms with Crippen LogP contribution in [0, 0.1) is 0 Å². The summed E-state index contributed by atoms with van der Waals surface area (Å²) in [4.78, 5) is 4.41. The Kier molecular flexibility index (Phi) is 5.58. The fraction of sp³-hybridized carbons (Fsp3) is 0.353. The monoisotopic (exact) mass is 286 g/mol. The van der Waals surface area contributed by atoms with Crippen LogP contribution in [-0.2, 0) is 6.42 Å². The molecule has 0 bridgehead atoms. The molecule has 0 aliphatic carbocycles. The molecule has 1 unspecified atom stereocenters. The van der Waals surface area contributed by atoms with Crippen LogP contribution in [-0.4, -0.2) is 25.2 Å². The van der Waals surface area contributed by atoms with Crippen LogP contribution in [0.1, 0.15) is 24.1 Å². The molecule has 21 heavy (non-hydrogen) atoms. The van der Waals surface area contributed by atoms with Crippen LogP contribution < -0.4 is 15.2 Å². The second kappa shape index (κ2) is 7.64. The molecule has 1 aromatic heterocycles. The van der Waals surface area contributed by atoms with Gasteiger partial charge in [-0.05, 0) is 37.1 Å². The van der Waals surface area contributed by atoms with Crippen molar-refractivity contribution in [2.75, 3.05) is 20.3 Å². The van der Waals surface area contributed by atoms with Crippen molar-refractivity contribution in [1.82, 2.24) is 4.98 Å². The Morgan fingerprint density at radius 3 is 2.67 bits per heavy atom. The molecule has 0 saturated carbocycles. The first-order chi connectivity index (χ1) is 10.3. The van der Waals surface area contributed by atoms with Gasteiger partial charge in [-0.1, -0.05) is 18.2 Å². The molecule has 2 aromatic rings. The third-order valence-electron chi connectivity index (χ3n) is 3.42. The predicted molar refractivity (Wildman–Crippen MR) is 83.9 cm³/mol. The van der Waals surface area contributed by atoms with E-state index in [1.807, 2.05) is 43.3 Å². The van der Waals surface area contributed by atoms with Crippen molar-refractivity contribution >= 4 is 0 Å². The van der Waals surface area contributed by atoms with Crippen LogP contribution in [0.15, 0.2) is 42.6 Å². The van der Waals surface area contributed by atoms with Gasteiger partial charge in [-0.15, -0.1) is 0 Å². The van der Waals surface area contributed by atoms with Crippen molar-refractivity contribution in [3.63, 3.8) is 0 Å². The van der Waals surface area contributed by atoms with Crippen molar-refractivity contribution in [3.05, 3.63) is 53.9 Å². The summed E-state index contributed by atoms with van der Waals surface area (Å²) in [5.41, 5.74) is 8.02. The molecule has 0 spiro atoms. The normalized spacial score (nSPS) is 12.0. The fourth-order valence-corrected chi connectivity index (χ4v) is 2.41. The zero-order chi connectivity index (χ0) is 15.1. The summed E-state index contributed by atoms with van der Waals surface area (Å²) >= 11 is 0. The van der Waals surface area contributed by atoms with E-state index in [4.69, 9.17) is 15.2 Å². The van der Waals surface area contributed by atoms with E-state index in [-0.39, 0.29) is 5.92 Å². The molecular weight excluding hydrogens is 264 g/mol. The van der Waals surface area contributed by atoms with E-state index in [2.05, 4.69) is 4.98 Å². The largest absolute Gasteiger partial charge is 0.493 e. The second-order valence-electron chi connectivity index (χ2n) is 4.77. The smallest absolute Gasteiger partial charge is 0.163 e. The van der Waals surface area contributed by atoms with E-state index >= 15 is 0 Å². The predicted octanol–water partition coefficient (Wildman–Crippen LogP) is 2.77. The lowest BCUT2D eigenvalue weighted by Gasteiger charge is -2.18. The molecule has 0 aliphatic heterocycles. The molecule has 4 heteroatoms. The molecule has 1 aromatic carbocycles. The van der Waals surface area contributed by atoms with Gasteiger partial charge in [-0.25, -0.2) is 0 Å². The summed E-state index contributed by atoms with van der Waals surface area (Å²) < 4.78 is 11.1. The van der Waals surface area contributed by atoms with Crippen molar-refractivity contribution in [2.45, 2.75) is 19.3 Å². The molecule has 2 rings (SSSR count). The maximum atomic E-state index is 5.93. The maximum absolute atomic E-state index is 5.93. The maximum Gasteiger partial charge on any atom is 0.163 e. The molecule has 1 heterocycles. The summed E-state index contributed by atoms with van der Waals surface area (Å²) in [6.07, 6.45) is 2.57. The first kappa shape index (κ1) is 15.3. The van der Waals surface area contributed by atoms with E-state index in [0.29, 0.717) is 13.2 Å². The van der Waals surface area contributed by atoms with Crippen LogP contribution >= 0.6 is 0 Å². The third kappa shape index (κ3) is 3.73. The number of pyridine rings is 1. The number of nitrogens with zero attached hydrogens (tertiary/aromatic N) is 1. The lowest BCUT2D eigenvalue weighted by Crippen LogP contribution is -2.16. The topological polar surface area (TPSA) is 57.4 Å². The van der Waals surface area contributed by atoms with E-state index in [9.17, 15) is 0 Å². The Hall–Kier alpha value is -2.07. The number of hydrogen-bond acceptors (Lipinski definition) is 4. The Bertz CT molecular complexity index is 558. The van der Waals surface area contributed by atoms with Crippen LogP contribution in [0.4, 0.5) is 0 Å². The number of aromatic nitrogens is 1. The summed E-state index contributed by atoms with van der Waals surface area (Å²) in [5.74, 6) is 1.72.